The van der Waals surface area contributed by atoms with Crippen molar-refractivity contribution in [1.29, 1.82) is 0 Å². The van der Waals surface area contributed by atoms with Gasteiger partial charge in [-0.1, -0.05) is 0 Å². The molecule has 2 saturated heterocycles. The van der Waals surface area contributed by atoms with Crippen LogP contribution < -0.4 is 43.8 Å². The maximum absolute atomic E-state index is 13.0. The molecule has 0 aromatic rings. The minimum atomic E-state index is -1.84. The SMILES string of the molecule is CC(=O)N[C@@H]1[C@@H](O)[C@H](O[C@@H]2O[C@H](CO)[C@@H](O)[C@H](O)[C@H]2NC(C)=O)[C@@H](CO)O[C@H]1NC(=O)C[C@H](N)C(=O)N[C@@H](CC(N)=O)C(=O)N[C@@H](CC(N)=O)C(=O)O. The number of rotatable bonds is 18. The fraction of sp³-hybridized carbons (Fsp3) is 0.714. The summed E-state index contributed by atoms with van der Waals surface area (Å²) in [5.74, 6) is -8.81. The third-order valence-corrected chi connectivity index (χ3v) is 7.91. The molecule has 17 N–H and O–H groups in total. The zero-order valence-electron chi connectivity index (χ0n) is 28.4. The summed E-state index contributed by atoms with van der Waals surface area (Å²) < 4.78 is 17.0. The lowest BCUT2D eigenvalue weighted by atomic mass is 9.94. The Kier molecular flexibility index (Phi) is 16.8. The predicted octanol–water partition coefficient (Wildman–Crippen LogP) is -9.46. The van der Waals surface area contributed by atoms with Crippen LogP contribution in [0.1, 0.15) is 33.1 Å². The first kappa shape index (κ1) is 44.6. The van der Waals surface area contributed by atoms with E-state index in [4.69, 9.17) is 31.4 Å². The number of hydrogen-bond donors (Lipinski definition) is 14. The van der Waals surface area contributed by atoms with E-state index in [-0.39, 0.29) is 0 Å². The van der Waals surface area contributed by atoms with Gasteiger partial charge in [-0.25, -0.2) is 4.79 Å². The van der Waals surface area contributed by atoms with E-state index in [1.165, 1.54) is 0 Å². The molecule has 0 bridgehead atoms. The van der Waals surface area contributed by atoms with E-state index in [0.29, 0.717) is 0 Å². The minimum Gasteiger partial charge on any atom is -0.480 e. The van der Waals surface area contributed by atoms with Crippen molar-refractivity contribution in [3.05, 3.63) is 0 Å². The molecule has 25 heteroatoms. The van der Waals surface area contributed by atoms with Gasteiger partial charge in [0.15, 0.2) is 12.5 Å². The van der Waals surface area contributed by atoms with Gasteiger partial charge in [0.1, 0.15) is 60.8 Å². The van der Waals surface area contributed by atoms with E-state index in [9.17, 15) is 69.0 Å². The van der Waals surface area contributed by atoms with Gasteiger partial charge < -0.3 is 88.6 Å². The maximum atomic E-state index is 13.0. The van der Waals surface area contributed by atoms with E-state index < -0.39 is 159 Å². The first-order valence-electron chi connectivity index (χ1n) is 15.9. The van der Waals surface area contributed by atoms with E-state index in [2.05, 4.69) is 21.3 Å². The minimum absolute atomic E-state index is 0.690. The van der Waals surface area contributed by atoms with Gasteiger partial charge in [-0.15, -0.1) is 0 Å². The van der Waals surface area contributed by atoms with E-state index in [1.54, 1.807) is 0 Å². The first-order valence-corrected chi connectivity index (χ1v) is 15.9. The number of aliphatic hydroxyl groups is 5. The second-order valence-corrected chi connectivity index (χ2v) is 12.2. The molecule has 0 spiro atoms. The smallest absolute Gasteiger partial charge is 0.326 e. The number of hydrogen-bond acceptors (Lipinski definition) is 17. The molecule has 7 amide bonds. The molecule has 53 heavy (non-hydrogen) atoms. The monoisotopic (exact) mass is 766 g/mol. The zero-order chi connectivity index (χ0) is 40.3. The Hall–Kier alpha value is -4.60. The van der Waals surface area contributed by atoms with Gasteiger partial charge in [0.05, 0.1) is 38.5 Å². The average molecular weight is 767 g/mol. The molecule has 2 aliphatic heterocycles. The van der Waals surface area contributed by atoms with Crippen molar-refractivity contribution >= 4 is 47.3 Å². The molecule has 0 aromatic carbocycles. The molecule has 2 aliphatic rings. The topological polar surface area (TPSA) is 424 Å². The fourth-order valence-corrected chi connectivity index (χ4v) is 5.40. The largest absolute Gasteiger partial charge is 0.480 e. The highest BCUT2D eigenvalue weighted by Gasteiger charge is 2.52. The molecule has 25 nitrogen and oxygen atoms in total. The zero-order valence-corrected chi connectivity index (χ0v) is 28.4. The molecular formula is C28H46N8O17. The molecule has 2 rings (SSSR count). The van der Waals surface area contributed by atoms with Crippen molar-refractivity contribution in [2.24, 2.45) is 17.2 Å². The van der Waals surface area contributed by atoms with E-state index in [1.807, 2.05) is 5.32 Å². The molecule has 0 unspecified atom stereocenters. The van der Waals surface area contributed by atoms with Crippen LogP contribution in [0.25, 0.3) is 0 Å². The molecule has 300 valence electrons. The molecule has 0 radical (unpaired) electrons. The summed E-state index contributed by atoms with van der Waals surface area (Å²) in [6.07, 6.45) is -15.7. The van der Waals surface area contributed by atoms with Crippen LogP contribution >= 0.6 is 0 Å². The summed E-state index contributed by atoms with van der Waals surface area (Å²) in [4.78, 5) is 96.6. The van der Waals surface area contributed by atoms with Gasteiger partial charge in [-0.3, -0.25) is 33.6 Å². The van der Waals surface area contributed by atoms with Gasteiger partial charge in [0.25, 0.3) is 0 Å². The van der Waals surface area contributed by atoms with Gasteiger partial charge in [0, 0.05) is 13.8 Å². The maximum Gasteiger partial charge on any atom is 0.326 e. The number of nitrogens with two attached hydrogens (primary N) is 3. The lowest BCUT2D eigenvalue weighted by molar-refractivity contribution is -0.315. The Morgan fingerprint density at radius 1 is 0.698 bits per heavy atom. The number of aliphatic carboxylic acids is 1. The highest BCUT2D eigenvalue weighted by molar-refractivity contribution is 5.96. The van der Waals surface area contributed by atoms with Gasteiger partial charge >= 0.3 is 5.97 Å². The molecule has 2 heterocycles. The highest BCUT2D eigenvalue weighted by Crippen LogP contribution is 2.29. The number of aliphatic hydroxyl groups excluding tert-OH is 5. The number of carbonyl (C=O) groups is 8. The Morgan fingerprint density at radius 3 is 1.74 bits per heavy atom. The van der Waals surface area contributed by atoms with Crippen molar-refractivity contribution < 1.29 is 83.2 Å². The van der Waals surface area contributed by atoms with Crippen molar-refractivity contribution in [2.45, 2.75) is 112 Å². The van der Waals surface area contributed by atoms with Crippen LogP contribution in [0, 0.1) is 0 Å². The standard InChI is InChI=1S/C28H46N8O17/c1-8(39)32-18-22(46)23(53-28-19(33-9(2)40)21(45)20(44)13(6-37)52-28)14(7-38)51-26(18)36-17(43)3-10(29)24(47)34-11(4-15(30)41)25(48)35-12(27(49)50)5-16(31)42/h10-14,18-23,26,28,37-38,44-46H,3-7,29H2,1-2H3,(H2,30,41)(H2,31,42)(H,32,39)(H,33,40)(H,34,47)(H,35,48)(H,36,43)(H,49,50)/t10-,11-,12-,13+,14+,18+,19+,20+,21+,22+,23+,26+,28-/m0/s1. The summed E-state index contributed by atoms with van der Waals surface area (Å²) in [7, 11) is 0. The van der Waals surface area contributed by atoms with Crippen LogP contribution in [0.5, 0.6) is 0 Å². The molecule has 2 fully saturated rings. The number of carbonyl (C=O) groups excluding carboxylic acids is 7. The van der Waals surface area contributed by atoms with E-state index in [0.717, 1.165) is 13.8 Å². The Morgan fingerprint density at radius 2 is 1.23 bits per heavy atom. The Labute approximate surface area is 300 Å². The van der Waals surface area contributed by atoms with Crippen molar-refractivity contribution in [3.63, 3.8) is 0 Å². The highest BCUT2D eigenvalue weighted by atomic mass is 16.7. The quantitative estimate of drug-likeness (QED) is 0.0616. The number of nitrogens with one attached hydrogen (secondary N) is 5. The summed E-state index contributed by atoms with van der Waals surface area (Å²) in [6, 6.07) is -8.40. The van der Waals surface area contributed by atoms with Crippen molar-refractivity contribution in [2.75, 3.05) is 13.2 Å². The van der Waals surface area contributed by atoms with Crippen molar-refractivity contribution in [1.82, 2.24) is 26.6 Å². The normalized spacial score (nSPS) is 30.0. The van der Waals surface area contributed by atoms with Gasteiger partial charge in [-0.2, -0.15) is 0 Å². The van der Waals surface area contributed by atoms with E-state index >= 15 is 0 Å². The first-order chi connectivity index (χ1) is 24.7. The third-order valence-electron chi connectivity index (χ3n) is 7.91. The summed E-state index contributed by atoms with van der Waals surface area (Å²) >= 11 is 0. The van der Waals surface area contributed by atoms with Crippen LogP contribution in [0.2, 0.25) is 0 Å². The number of amides is 7. The van der Waals surface area contributed by atoms with Crippen molar-refractivity contribution in [3.8, 4) is 0 Å². The Balaban J connectivity index is 2.21. The number of ether oxygens (including phenoxy) is 3. The van der Waals surface area contributed by atoms with Crippen LogP contribution in [0.4, 0.5) is 0 Å². The average Bonchev–Trinajstić information content (AvgIpc) is 3.05. The second kappa shape index (κ2) is 20.0. The van der Waals surface area contributed by atoms with Crippen LogP contribution in [0.3, 0.4) is 0 Å². The summed E-state index contributed by atoms with van der Waals surface area (Å²) in [6.45, 7) is 0.425. The number of carboxylic acid groups (broad SMARTS) is 1. The molecule has 0 aliphatic carbocycles. The number of primary amides is 2. The molecule has 0 saturated carbocycles. The lowest BCUT2D eigenvalue weighted by Gasteiger charge is -2.48. The molecule has 13 atom stereocenters. The molecular weight excluding hydrogens is 720 g/mol. The van der Waals surface area contributed by atoms with Crippen LogP contribution in [0.15, 0.2) is 0 Å². The summed E-state index contributed by atoms with van der Waals surface area (Å²) in [5.41, 5.74) is 15.9. The summed E-state index contributed by atoms with van der Waals surface area (Å²) in [5, 5.41) is 72.1. The van der Waals surface area contributed by atoms with Crippen LogP contribution in [-0.4, -0.2) is 171 Å². The lowest BCUT2D eigenvalue weighted by Crippen LogP contribution is -2.71. The molecule has 0 aromatic heterocycles. The van der Waals surface area contributed by atoms with Gasteiger partial charge in [-0.05, 0) is 0 Å². The predicted molar refractivity (Wildman–Crippen MR) is 169 cm³/mol. The number of carboxylic acids is 1. The van der Waals surface area contributed by atoms with Crippen LogP contribution in [-0.2, 0) is 52.6 Å². The third kappa shape index (κ3) is 12.8. The Bertz CT molecular complexity index is 1370. The fourth-order valence-electron chi connectivity index (χ4n) is 5.40. The second-order valence-electron chi connectivity index (χ2n) is 12.2. The van der Waals surface area contributed by atoms with Gasteiger partial charge in [0.2, 0.25) is 41.4 Å².